The van der Waals surface area contributed by atoms with Gasteiger partial charge in [-0.2, -0.15) is 0 Å². The van der Waals surface area contributed by atoms with Gasteiger partial charge >= 0.3 is 29.8 Å². The van der Waals surface area contributed by atoms with Crippen molar-refractivity contribution in [2.45, 2.75) is 102 Å². The number of ether oxygens (including phenoxy) is 10. The summed E-state index contributed by atoms with van der Waals surface area (Å²) in [5, 5.41) is 39.7. The van der Waals surface area contributed by atoms with E-state index in [9.17, 15) is 49.2 Å². The molecule has 3 aliphatic heterocycles. The Hall–Kier alpha value is -4.96. The van der Waals surface area contributed by atoms with Crippen LogP contribution in [0.3, 0.4) is 0 Å². The smallest absolute Gasteiger partial charge is 0.337 e. The zero-order chi connectivity index (χ0) is 42.4. The number of Topliss-reactive ketones (excluding diaryl/α,β-unsaturated/α-hetero) is 1. The molecule has 0 spiro atoms. The van der Waals surface area contributed by atoms with Gasteiger partial charge in [0.25, 0.3) is 0 Å². The van der Waals surface area contributed by atoms with Gasteiger partial charge in [0, 0.05) is 51.0 Å². The predicted octanol–water partition coefficient (Wildman–Crippen LogP) is -0.787. The summed E-state index contributed by atoms with van der Waals surface area (Å²) in [6.07, 6.45) is -13.1. The summed E-state index contributed by atoms with van der Waals surface area (Å²) in [6.45, 7) is 3.67. The zero-order valence-corrected chi connectivity index (χ0v) is 32.1. The van der Waals surface area contributed by atoms with Crippen LogP contribution in [0.4, 0.5) is 0 Å². The molecule has 0 bridgehead atoms. The number of ketones is 1. The Labute approximate surface area is 331 Å². The molecule has 58 heavy (non-hydrogen) atoms. The van der Waals surface area contributed by atoms with Gasteiger partial charge in [0.1, 0.15) is 48.7 Å². The lowest BCUT2D eigenvalue weighted by atomic mass is 9.83. The average molecular weight is 823 g/mol. The molecule has 1 aliphatic carbocycles. The van der Waals surface area contributed by atoms with E-state index in [0.29, 0.717) is 5.56 Å². The van der Waals surface area contributed by atoms with Crippen molar-refractivity contribution in [2.75, 3.05) is 20.3 Å². The lowest BCUT2D eigenvalue weighted by Crippen LogP contribution is -2.63. The second kappa shape index (κ2) is 19.2. The monoisotopic (exact) mass is 822 g/mol. The third-order valence-corrected chi connectivity index (χ3v) is 9.99. The summed E-state index contributed by atoms with van der Waals surface area (Å²) >= 11 is 0. The molecule has 1 aromatic rings. The topological polar surface area (TPSA) is 276 Å². The molecular weight excluding hydrogens is 776 g/mol. The number of fused-ring (bicyclic) bond motifs is 1. The van der Waals surface area contributed by atoms with Crippen molar-refractivity contribution >= 4 is 41.7 Å². The molecule has 20 heteroatoms. The van der Waals surface area contributed by atoms with Crippen LogP contribution < -0.4 is 4.74 Å². The predicted molar refractivity (Wildman–Crippen MR) is 188 cm³/mol. The minimum atomic E-state index is -1.64. The Balaban J connectivity index is 1.36. The molecule has 0 unspecified atom stereocenters. The zero-order valence-electron chi connectivity index (χ0n) is 32.1. The highest BCUT2D eigenvalue weighted by Crippen LogP contribution is 2.46. The van der Waals surface area contributed by atoms with Crippen LogP contribution in [0.5, 0.6) is 5.75 Å². The molecule has 0 aromatic heterocycles. The number of carbonyl (C=O) groups is 6. The molecule has 14 atom stereocenters. The molecule has 3 fully saturated rings. The Morgan fingerprint density at radius 1 is 0.810 bits per heavy atom. The number of esters is 5. The number of benzene rings is 1. The normalized spacial score (nSPS) is 34.5. The van der Waals surface area contributed by atoms with E-state index in [1.807, 2.05) is 0 Å². The summed E-state index contributed by atoms with van der Waals surface area (Å²) in [4.78, 5) is 75.5. The van der Waals surface area contributed by atoms with Gasteiger partial charge in [0.2, 0.25) is 18.9 Å². The van der Waals surface area contributed by atoms with Crippen molar-refractivity contribution in [3.63, 3.8) is 0 Å². The molecule has 5 rings (SSSR count). The van der Waals surface area contributed by atoms with Crippen molar-refractivity contribution in [3.8, 4) is 5.75 Å². The van der Waals surface area contributed by atoms with Crippen LogP contribution in [0.25, 0.3) is 6.08 Å². The molecule has 1 aromatic carbocycles. The molecule has 4 N–H and O–H groups in total. The van der Waals surface area contributed by atoms with Gasteiger partial charge in [-0.1, -0.05) is 19.1 Å². The Morgan fingerprint density at radius 2 is 1.47 bits per heavy atom. The van der Waals surface area contributed by atoms with Gasteiger partial charge < -0.3 is 67.8 Å². The molecule has 4 aliphatic rings. The minimum absolute atomic E-state index is 0.00829. The van der Waals surface area contributed by atoms with Gasteiger partial charge in [-0.15, -0.1) is 0 Å². The highest BCUT2D eigenvalue weighted by molar-refractivity contribution is 5.93. The molecule has 0 amide bonds. The fourth-order valence-electron chi connectivity index (χ4n) is 7.14. The van der Waals surface area contributed by atoms with Crippen LogP contribution in [0.2, 0.25) is 0 Å². The van der Waals surface area contributed by atoms with Crippen LogP contribution in [0.1, 0.15) is 39.7 Å². The fraction of sp³-hybridized carbons (Fsp3) is 0.579. The Kier molecular flexibility index (Phi) is 14.6. The number of hydrogen-bond donors (Lipinski definition) is 4. The first-order valence-electron chi connectivity index (χ1n) is 18.2. The molecule has 318 valence electrons. The summed E-state index contributed by atoms with van der Waals surface area (Å²) in [5.74, 6) is -6.26. The number of aliphatic hydroxyl groups excluding tert-OH is 4. The van der Waals surface area contributed by atoms with Crippen molar-refractivity contribution in [3.05, 3.63) is 47.7 Å². The van der Waals surface area contributed by atoms with Gasteiger partial charge in [0.05, 0.1) is 25.6 Å². The molecule has 20 nitrogen and oxygen atoms in total. The van der Waals surface area contributed by atoms with Crippen molar-refractivity contribution in [2.24, 2.45) is 17.8 Å². The van der Waals surface area contributed by atoms with E-state index in [1.54, 1.807) is 6.92 Å². The maximum absolute atomic E-state index is 13.3. The average Bonchev–Trinajstić information content (AvgIpc) is 3.48. The minimum Gasteiger partial charge on any atom is -0.472 e. The molecule has 1 saturated carbocycles. The van der Waals surface area contributed by atoms with E-state index in [0.717, 1.165) is 33.1 Å². The SMILES string of the molecule is COC(=O)C1=CO[C@@H](O[C@@H]2O[C@H](COC(C)=O)[C@@H](OC(=O)/C=C/c3ccc(O[C@@H]4O[C@H](CO)[C@@H](O)[C@H](O)[C@H]4O)cc3)[C@H](OC(C)=O)[C@H]2OC(C)=O)[C@H]2[C@@H]1CC(=O)[C@@H]2C. The second-order valence-corrected chi connectivity index (χ2v) is 14.0. The number of carbonyl (C=O) groups excluding carboxylic acids is 6. The van der Waals surface area contributed by atoms with E-state index in [4.69, 9.17) is 47.4 Å². The van der Waals surface area contributed by atoms with Crippen LogP contribution in [0.15, 0.2) is 42.2 Å². The van der Waals surface area contributed by atoms with Crippen LogP contribution in [0, 0.1) is 17.8 Å². The lowest BCUT2D eigenvalue weighted by molar-refractivity contribution is -0.344. The highest BCUT2D eigenvalue weighted by Gasteiger charge is 2.57. The largest absolute Gasteiger partial charge is 0.472 e. The van der Waals surface area contributed by atoms with E-state index < -0.39 is 129 Å². The van der Waals surface area contributed by atoms with Crippen molar-refractivity contribution < 1.29 is 96.6 Å². The number of hydrogen-bond acceptors (Lipinski definition) is 20. The standard InChI is InChI=1S/C38H46O20/c1-16-24(43)12-22-23(35(48)49-5)14-51-36(28(16)22)58-38-34(53-19(4)42)33(52-18(3)41)32(26(56-38)15-50-17(2)40)57-27(44)11-8-20-6-9-21(10-7-20)54-37-31(47)30(46)29(45)25(13-39)55-37/h6-11,14,16,22,25-26,28-34,36-39,45-47H,12-13,15H2,1-5H3/b11-8+/t16-,22+,25+,26+,28+,29+,30-,31+,32+,33-,34+,36-,37+,38-/m0/s1. The van der Waals surface area contributed by atoms with Crippen LogP contribution in [-0.2, 0) is 71.4 Å². The molecule has 2 saturated heterocycles. The summed E-state index contributed by atoms with van der Waals surface area (Å²) in [5.41, 5.74) is 0.557. The first-order chi connectivity index (χ1) is 27.5. The van der Waals surface area contributed by atoms with Gasteiger partial charge in [0.15, 0.2) is 18.3 Å². The quantitative estimate of drug-likeness (QED) is 0.108. The Morgan fingerprint density at radius 3 is 2.09 bits per heavy atom. The first-order valence-corrected chi connectivity index (χ1v) is 18.2. The fourth-order valence-corrected chi connectivity index (χ4v) is 7.14. The van der Waals surface area contributed by atoms with Gasteiger partial charge in [-0.3, -0.25) is 19.2 Å². The van der Waals surface area contributed by atoms with E-state index in [-0.39, 0.29) is 23.5 Å². The third kappa shape index (κ3) is 10.2. The summed E-state index contributed by atoms with van der Waals surface area (Å²) in [6, 6.07) is 5.92. The second-order valence-electron chi connectivity index (χ2n) is 14.0. The molecule has 0 radical (unpaired) electrons. The van der Waals surface area contributed by atoms with E-state index in [2.05, 4.69) is 0 Å². The first kappa shape index (κ1) is 44.1. The molecular formula is C38H46O20. The van der Waals surface area contributed by atoms with E-state index in [1.165, 1.54) is 37.5 Å². The van der Waals surface area contributed by atoms with Gasteiger partial charge in [-0.05, 0) is 23.8 Å². The van der Waals surface area contributed by atoms with Crippen LogP contribution >= 0.6 is 0 Å². The van der Waals surface area contributed by atoms with E-state index >= 15 is 0 Å². The molecule has 3 heterocycles. The summed E-state index contributed by atoms with van der Waals surface area (Å²) in [7, 11) is 1.18. The number of aliphatic hydroxyl groups is 4. The maximum Gasteiger partial charge on any atom is 0.337 e. The Bertz CT molecular complexity index is 1740. The van der Waals surface area contributed by atoms with Crippen molar-refractivity contribution in [1.82, 2.24) is 0 Å². The number of rotatable bonds is 13. The summed E-state index contributed by atoms with van der Waals surface area (Å²) < 4.78 is 55.9. The number of methoxy groups -OCH3 is 1. The van der Waals surface area contributed by atoms with Crippen molar-refractivity contribution in [1.29, 1.82) is 0 Å². The third-order valence-electron chi connectivity index (χ3n) is 9.99. The lowest BCUT2D eigenvalue weighted by Gasteiger charge is -2.45. The van der Waals surface area contributed by atoms with Crippen LogP contribution in [-0.4, -0.2) is 144 Å². The highest BCUT2D eigenvalue weighted by atomic mass is 16.8. The van der Waals surface area contributed by atoms with Gasteiger partial charge in [-0.25, -0.2) is 9.59 Å². The maximum atomic E-state index is 13.3.